The quantitative estimate of drug-likeness (QED) is 0.714. The van der Waals surface area contributed by atoms with E-state index in [1.54, 1.807) is 11.0 Å². The van der Waals surface area contributed by atoms with Gasteiger partial charge in [-0.15, -0.1) is 0 Å². The molecule has 1 atom stereocenters. The summed E-state index contributed by atoms with van der Waals surface area (Å²) in [6, 6.07) is 4.22. The zero-order valence-electron chi connectivity index (χ0n) is 17.6. The van der Waals surface area contributed by atoms with Gasteiger partial charge in [-0.2, -0.15) is 4.99 Å². The maximum Gasteiger partial charge on any atom is 0.415 e. The number of hydrogen-bond donors (Lipinski definition) is 1. The molecule has 8 nitrogen and oxygen atoms in total. The van der Waals surface area contributed by atoms with Crippen molar-refractivity contribution in [2.45, 2.75) is 25.3 Å². The summed E-state index contributed by atoms with van der Waals surface area (Å²) in [5.74, 6) is -0.788. The lowest BCUT2D eigenvalue weighted by Crippen LogP contribution is -2.45. The van der Waals surface area contributed by atoms with E-state index in [9.17, 15) is 14.0 Å². The molecular weight excluding hydrogens is 421 g/mol. The van der Waals surface area contributed by atoms with Gasteiger partial charge in [-0.1, -0.05) is 0 Å². The summed E-state index contributed by atoms with van der Waals surface area (Å²) in [4.78, 5) is 33.3. The van der Waals surface area contributed by atoms with Crippen LogP contribution in [0.4, 0.5) is 9.18 Å². The summed E-state index contributed by atoms with van der Waals surface area (Å²) in [6.45, 7) is 2.78. The van der Waals surface area contributed by atoms with Crippen molar-refractivity contribution in [2.24, 2.45) is 4.99 Å². The summed E-state index contributed by atoms with van der Waals surface area (Å²) in [5, 5.41) is 2.48. The van der Waals surface area contributed by atoms with Gasteiger partial charge >= 0.3 is 6.09 Å². The number of rotatable bonds is 3. The first-order chi connectivity index (χ1) is 14.9. The standard InChI is InChI=1S/C21H26FN5O3S/c1-25(2)16-7-10-26(13-16)21(29)30-17-12-15(22)6-5-14(17)11-18-19(28)24-20(31-18)27-9-4-3-8-23-27/h5-6,11-12,16,23H,3-4,7-10,13H2,1-2H3/t16-/m0/s1. The van der Waals surface area contributed by atoms with Gasteiger partial charge in [-0.3, -0.25) is 9.80 Å². The van der Waals surface area contributed by atoms with Crippen molar-refractivity contribution in [3.8, 4) is 5.75 Å². The van der Waals surface area contributed by atoms with E-state index in [0.29, 0.717) is 28.7 Å². The van der Waals surface area contributed by atoms with Crippen LogP contribution in [0.1, 0.15) is 24.8 Å². The van der Waals surface area contributed by atoms with Crippen LogP contribution in [0.15, 0.2) is 28.1 Å². The monoisotopic (exact) mass is 447 g/mol. The highest BCUT2D eigenvalue weighted by Crippen LogP contribution is 2.33. The molecule has 1 aromatic carbocycles. The fourth-order valence-electron chi connectivity index (χ4n) is 3.71. The second-order valence-corrected chi connectivity index (χ2v) is 8.99. The summed E-state index contributed by atoms with van der Waals surface area (Å²) >= 11 is 1.26. The van der Waals surface area contributed by atoms with Crippen LogP contribution in [0.3, 0.4) is 0 Å². The lowest BCUT2D eigenvalue weighted by atomic mass is 10.2. The van der Waals surface area contributed by atoms with Gasteiger partial charge in [0.15, 0.2) is 5.17 Å². The van der Waals surface area contributed by atoms with Gasteiger partial charge in [0, 0.05) is 43.9 Å². The molecule has 0 aliphatic carbocycles. The van der Waals surface area contributed by atoms with Crippen molar-refractivity contribution in [3.63, 3.8) is 0 Å². The first-order valence-electron chi connectivity index (χ1n) is 10.4. The van der Waals surface area contributed by atoms with E-state index >= 15 is 0 Å². The molecule has 2 fully saturated rings. The van der Waals surface area contributed by atoms with Gasteiger partial charge < -0.3 is 14.5 Å². The highest BCUT2D eigenvalue weighted by Gasteiger charge is 2.30. The average molecular weight is 448 g/mol. The van der Waals surface area contributed by atoms with Crippen molar-refractivity contribution in [1.82, 2.24) is 20.2 Å². The van der Waals surface area contributed by atoms with Gasteiger partial charge in [0.25, 0.3) is 5.91 Å². The van der Waals surface area contributed by atoms with Gasteiger partial charge in [-0.25, -0.2) is 14.6 Å². The van der Waals surface area contributed by atoms with Crippen LogP contribution in [0.2, 0.25) is 0 Å². The van der Waals surface area contributed by atoms with Crippen LogP contribution < -0.4 is 10.2 Å². The Morgan fingerprint density at radius 1 is 1.35 bits per heavy atom. The first kappa shape index (κ1) is 21.8. The van der Waals surface area contributed by atoms with Gasteiger partial charge in [0.05, 0.1) is 4.91 Å². The Kier molecular flexibility index (Phi) is 6.59. The summed E-state index contributed by atoms with van der Waals surface area (Å²) in [6.07, 6.45) is 4.06. The Morgan fingerprint density at radius 2 is 2.19 bits per heavy atom. The molecule has 10 heteroatoms. The van der Waals surface area contributed by atoms with Gasteiger partial charge in [0.1, 0.15) is 11.6 Å². The molecule has 0 aromatic heterocycles. The molecule has 166 valence electrons. The molecule has 0 radical (unpaired) electrons. The molecule has 3 aliphatic heterocycles. The van der Waals surface area contributed by atoms with E-state index in [2.05, 4.69) is 15.3 Å². The van der Waals surface area contributed by atoms with Crippen molar-refractivity contribution < 1.29 is 18.7 Å². The molecule has 2 saturated heterocycles. The van der Waals surface area contributed by atoms with Crippen molar-refractivity contribution in [2.75, 3.05) is 40.3 Å². The average Bonchev–Trinajstić information content (AvgIpc) is 3.38. The Bertz CT molecular complexity index is 930. The minimum Gasteiger partial charge on any atom is -0.409 e. The predicted molar refractivity (Wildman–Crippen MR) is 118 cm³/mol. The van der Waals surface area contributed by atoms with Crippen LogP contribution in [0.5, 0.6) is 5.75 Å². The number of halogens is 1. The molecule has 1 aromatic rings. The van der Waals surface area contributed by atoms with Crippen LogP contribution in [-0.4, -0.2) is 78.3 Å². The number of aliphatic imine (C=N–C) groups is 1. The van der Waals surface area contributed by atoms with Gasteiger partial charge in [-0.05, 0) is 63.3 Å². The Morgan fingerprint density at radius 3 is 2.90 bits per heavy atom. The zero-order valence-corrected chi connectivity index (χ0v) is 18.5. The molecule has 31 heavy (non-hydrogen) atoms. The minimum absolute atomic E-state index is 0.0868. The van der Waals surface area contributed by atoms with Gasteiger partial charge in [0.2, 0.25) is 0 Å². The van der Waals surface area contributed by atoms with Crippen LogP contribution in [-0.2, 0) is 4.79 Å². The molecular formula is C21H26FN5O3S. The molecule has 2 amide bonds. The van der Waals surface area contributed by atoms with Crippen molar-refractivity contribution in [1.29, 1.82) is 0 Å². The number of likely N-dealkylation sites (N-methyl/N-ethyl adjacent to an activating group) is 1. The Labute approximate surface area is 185 Å². The van der Waals surface area contributed by atoms with Crippen molar-refractivity contribution in [3.05, 3.63) is 34.5 Å². The summed E-state index contributed by atoms with van der Waals surface area (Å²) in [7, 11) is 3.95. The number of amidine groups is 1. The van der Waals surface area contributed by atoms with Crippen molar-refractivity contribution >= 4 is 35.0 Å². The summed E-state index contributed by atoms with van der Waals surface area (Å²) < 4.78 is 19.4. The molecule has 0 saturated carbocycles. The fourth-order valence-corrected chi connectivity index (χ4v) is 4.62. The third kappa shape index (κ3) is 5.08. The lowest BCUT2D eigenvalue weighted by Gasteiger charge is -2.28. The largest absolute Gasteiger partial charge is 0.415 e. The normalized spacial score (nSPS) is 23.1. The number of benzene rings is 1. The number of thioether (sulfide) groups is 1. The lowest BCUT2D eigenvalue weighted by molar-refractivity contribution is -0.113. The van der Waals surface area contributed by atoms with E-state index in [1.165, 1.54) is 30.0 Å². The molecule has 1 N–H and O–H groups in total. The molecule has 0 spiro atoms. The van der Waals surface area contributed by atoms with E-state index in [1.807, 2.05) is 19.1 Å². The maximum atomic E-state index is 13.9. The Hall–Kier alpha value is -2.43. The topological polar surface area (TPSA) is 77.5 Å². The third-order valence-corrected chi connectivity index (χ3v) is 6.57. The van der Waals surface area contributed by atoms with E-state index in [4.69, 9.17) is 4.74 Å². The number of hydrogen-bond acceptors (Lipinski definition) is 7. The number of hydrazine groups is 1. The zero-order chi connectivity index (χ0) is 22.0. The number of carbonyl (C=O) groups excluding carboxylic acids is 2. The van der Waals surface area contributed by atoms with Crippen LogP contribution >= 0.6 is 11.8 Å². The van der Waals surface area contributed by atoms with E-state index in [-0.39, 0.29) is 17.7 Å². The second-order valence-electron chi connectivity index (χ2n) is 7.98. The Balaban J connectivity index is 1.48. The molecule has 3 heterocycles. The van der Waals surface area contributed by atoms with Crippen LogP contribution in [0, 0.1) is 5.82 Å². The second kappa shape index (κ2) is 9.37. The number of carbonyl (C=O) groups is 2. The molecule has 0 bridgehead atoms. The molecule has 0 unspecified atom stereocenters. The molecule has 4 rings (SSSR count). The number of ether oxygens (including phenoxy) is 1. The first-order valence-corrected chi connectivity index (χ1v) is 11.2. The number of nitrogens with zero attached hydrogens (tertiary/aromatic N) is 4. The molecule has 3 aliphatic rings. The fraction of sp³-hybridized carbons (Fsp3) is 0.476. The minimum atomic E-state index is -0.519. The maximum absolute atomic E-state index is 13.9. The van der Waals surface area contributed by atoms with E-state index < -0.39 is 11.9 Å². The number of likely N-dealkylation sites (tertiary alicyclic amines) is 1. The number of nitrogens with one attached hydrogen (secondary N) is 1. The SMILES string of the molecule is CN(C)[C@H]1CCN(C(=O)Oc2cc(F)ccc2C=C2SC(N3CCCCN3)=NC2=O)C1. The smallest absolute Gasteiger partial charge is 0.409 e. The third-order valence-electron chi connectivity index (χ3n) is 5.56. The summed E-state index contributed by atoms with van der Waals surface area (Å²) in [5.41, 5.74) is 3.68. The predicted octanol–water partition coefficient (Wildman–Crippen LogP) is 2.53. The van der Waals surface area contributed by atoms with Crippen LogP contribution in [0.25, 0.3) is 6.08 Å². The number of amides is 2. The highest BCUT2D eigenvalue weighted by atomic mass is 32.2. The highest BCUT2D eigenvalue weighted by molar-refractivity contribution is 8.18. The van der Waals surface area contributed by atoms with E-state index in [0.717, 1.165) is 32.4 Å².